The topological polar surface area (TPSA) is 69.6 Å². The molecule has 0 spiro atoms. The number of aliphatic hydroxyl groups excluding tert-OH is 1. The van der Waals surface area contributed by atoms with Crippen molar-refractivity contribution in [3.63, 3.8) is 0 Å². The summed E-state index contributed by atoms with van der Waals surface area (Å²) >= 11 is 0. The van der Waals surface area contributed by atoms with E-state index in [0.717, 1.165) is 19.4 Å². The third kappa shape index (κ3) is 4.29. The van der Waals surface area contributed by atoms with E-state index in [9.17, 15) is 9.59 Å². The molecule has 18 heavy (non-hydrogen) atoms. The number of carbonyl (C=O) groups excluding carboxylic acids is 2. The second-order valence-corrected chi connectivity index (χ2v) is 5.15. The van der Waals surface area contributed by atoms with E-state index in [1.165, 1.54) is 0 Å². The van der Waals surface area contributed by atoms with Crippen molar-refractivity contribution in [3.8, 4) is 0 Å². The molecule has 5 heteroatoms. The standard InChI is InChI=1S/C13H24N2O3/c1-10(2)13(18)15-7-3-5-11(9-15)12(17)14-6-4-8-16/h10-11,16H,3-9H2,1-2H3,(H,14,17). The lowest BCUT2D eigenvalue weighted by molar-refractivity contribution is -0.138. The number of rotatable bonds is 5. The minimum absolute atomic E-state index is 0.00436. The minimum atomic E-state index is -0.0971. The zero-order valence-electron chi connectivity index (χ0n) is 11.3. The Morgan fingerprint density at radius 2 is 2.17 bits per heavy atom. The Kier molecular flexibility index (Phi) is 6.12. The second kappa shape index (κ2) is 7.36. The molecule has 1 heterocycles. The van der Waals surface area contributed by atoms with Crippen molar-refractivity contribution in [1.29, 1.82) is 0 Å². The Hall–Kier alpha value is -1.10. The number of carbonyl (C=O) groups is 2. The van der Waals surface area contributed by atoms with E-state index in [0.29, 0.717) is 19.5 Å². The van der Waals surface area contributed by atoms with E-state index in [2.05, 4.69) is 5.32 Å². The first-order chi connectivity index (χ1) is 8.56. The van der Waals surface area contributed by atoms with E-state index in [1.807, 2.05) is 13.8 Å². The molecule has 0 aromatic rings. The van der Waals surface area contributed by atoms with Crippen molar-refractivity contribution in [2.45, 2.75) is 33.1 Å². The van der Waals surface area contributed by atoms with Crippen LogP contribution in [0, 0.1) is 11.8 Å². The molecule has 1 saturated heterocycles. The van der Waals surface area contributed by atoms with Crippen LogP contribution in [0.1, 0.15) is 33.1 Å². The highest BCUT2D eigenvalue weighted by molar-refractivity contribution is 5.82. The van der Waals surface area contributed by atoms with Gasteiger partial charge in [0.15, 0.2) is 0 Å². The smallest absolute Gasteiger partial charge is 0.225 e. The van der Waals surface area contributed by atoms with Crippen molar-refractivity contribution in [1.82, 2.24) is 10.2 Å². The van der Waals surface area contributed by atoms with E-state index in [4.69, 9.17) is 5.11 Å². The molecular weight excluding hydrogens is 232 g/mol. The number of amides is 2. The van der Waals surface area contributed by atoms with Gasteiger partial charge in [0.1, 0.15) is 0 Å². The number of likely N-dealkylation sites (tertiary alicyclic amines) is 1. The average molecular weight is 256 g/mol. The molecule has 1 atom stereocenters. The molecule has 2 amide bonds. The van der Waals surface area contributed by atoms with E-state index in [1.54, 1.807) is 4.90 Å². The summed E-state index contributed by atoms with van der Waals surface area (Å²) in [6.45, 7) is 5.65. The minimum Gasteiger partial charge on any atom is -0.396 e. The third-order valence-corrected chi connectivity index (χ3v) is 3.23. The van der Waals surface area contributed by atoms with Crippen LogP contribution in [0.3, 0.4) is 0 Å². The van der Waals surface area contributed by atoms with Gasteiger partial charge in [-0.15, -0.1) is 0 Å². The van der Waals surface area contributed by atoms with Gasteiger partial charge in [-0.25, -0.2) is 0 Å². The molecular formula is C13H24N2O3. The van der Waals surface area contributed by atoms with Crippen LogP contribution in [0.5, 0.6) is 0 Å². The second-order valence-electron chi connectivity index (χ2n) is 5.15. The summed E-state index contributed by atoms with van der Waals surface area (Å²) in [4.78, 5) is 25.6. The van der Waals surface area contributed by atoms with Gasteiger partial charge in [-0.05, 0) is 19.3 Å². The molecule has 0 saturated carbocycles. The lowest BCUT2D eigenvalue weighted by atomic mass is 9.96. The zero-order valence-corrected chi connectivity index (χ0v) is 11.3. The fraction of sp³-hybridized carbons (Fsp3) is 0.846. The molecule has 0 aromatic carbocycles. The fourth-order valence-corrected chi connectivity index (χ4v) is 2.19. The Bertz CT molecular complexity index is 292. The number of nitrogens with zero attached hydrogens (tertiary/aromatic N) is 1. The lowest BCUT2D eigenvalue weighted by Crippen LogP contribution is -2.46. The number of nitrogens with one attached hydrogen (secondary N) is 1. The maximum atomic E-state index is 11.9. The predicted octanol–water partition coefficient (Wildman–Crippen LogP) is 0.380. The first-order valence-corrected chi connectivity index (χ1v) is 6.73. The molecule has 1 rings (SSSR count). The molecule has 0 radical (unpaired) electrons. The van der Waals surface area contributed by atoms with Gasteiger partial charge < -0.3 is 15.3 Å². The number of aliphatic hydroxyl groups is 1. The molecule has 0 aromatic heterocycles. The number of hydrogen-bond donors (Lipinski definition) is 2. The van der Waals surface area contributed by atoms with Crippen molar-refractivity contribution >= 4 is 11.8 Å². The van der Waals surface area contributed by atoms with Gasteiger partial charge in [-0.3, -0.25) is 9.59 Å². The van der Waals surface area contributed by atoms with Crippen molar-refractivity contribution < 1.29 is 14.7 Å². The summed E-state index contributed by atoms with van der Waals surface area (Å²) in [5.41, 5.74) is 0. The van der Waals surface area contributed by atoms with Crippen LogP contribution < -0.4 is 5.32 Å². The largest absolute Gasteiger partial charge is 0.396 e. The number of hydrogen-bond acceptors (Lipinski definition) is 3. The van der Waals surface area contributed by atoms with E-state index in [-0.39, 0.29) is 30.3 Å². The summed E-state index contributed by atoms with van der Waals surface area (Å²) in [7, 11) is 0. The summed E-state index contributed by atoms with van der Waals surface area (Å²) < 4.78 is 0. The molecule has 1 unspecified atom stereocenters. The van der Waals surface area contributed by atoms with Gasteiger partial charge in [-0.1, -0.05) is 13.8 Å². The van der Waals surface area contributed by atoms with Crippen LogP contribution in [0.25, 0.3) is 0 Å². The molecule has 1 aliphatic heterocycles. The normalized spacial score (nSPS) is 20.0. The molecule has 5 nitrogen and oxygen atoms in total. The molecule has 0 bridgehead atoms. The summed E-state index contributed by atoms with van der Waals surface area (Å²) in [6, 6.07) is 0. The Balaban J connectivity index is 2.43. The van der Waals surface area contributed by atoms with E-state index < -0.39 is 0 Å². The van der Waals surface area contributed by atoms with Gasteiger partial charge in [0.2, 0.25) is 11.8 Å². The average Bonchev–Trinajstić information content (AvgIpc) is 2.38. The Morgan fingerprint density at radius 1 is 1.44 bits per heavy atom. The molecule has 1 fully saturated rings. The van der Waals surface area contributed by atoms with Gasteiger partial charge in [-0.2, -0.15) is 0 Å². The fourth-order valence-electron chi connectivity index (χ4n) is 2.19. The molecule has 0 aliphatic carbocycles. The van der Waals surface area contributed by atoms with Crippen molar-refractivity contribution in [2.24, 2.45) is 11.8 Å². The van der Waals surface area contributed by atoms with Crippen molar-refractivity contribution in [3.05, 3.63) is 0 Å². The van der Waals surface area contributed by atoms with Crippen LogP contribution in [-0.4, -0.2) is 48.1 Å². The van der Waals surface area contributed by atoms with Crippen LogP contribution in [-0.2, 0) is 9.59 Å². The SMILES string of the molecule is CC(C)C(=O)N1CCCC(C(=O)NCCCO)C1. The highest BCUT2D eigenvalue weighted by atomic mass is 16.3. The molecule has 104 valence electrons. The van der Waals surface area contributed by atoms with Gasteiger partial charge in [0.25, 0.3) is 0 Å². The van der Waals surface area contributed by atoms with Gasteiger partial charge in [0.05, 0.1) is 5.92 Å². The maximum absolute atomic E-state index is 11.9. The lowest BCUT2D eigenvalue weighted by Gasteiger charge is -2.33. The predicted molar refractivity (Wildman–Crippen MR) is 68.9 cm³/mol. The highest BCUT2D eigenvalue weighted by Gasteiger charge is 2.28. The Labute approximate surface area is 109 Å². The molecule has 1 aliphatic rings. The quantitative estimate of drug-likeness (QED) is 0.699. The first kappa shape index (κ1) is 15.0. The monoisotopic (exact) mass is 256 g/mol. The van der Waals surface area contributed by atoms with Crippen LogP contribution in [0.15, 0.2) is 0 Å². The zero-order chi connectivity index (χ0) is 13.5. The summed E-state index contributed by atoms with van der Waals surface area (Å²) in [5.74, 6) is 0.0221. The summed E-state index contributed by atoms with van der Waals surface area (Å²) in [5, 5.41) is 11.5. The number of piperidine rings is 1. The Morgan fingerprint density at radius 3 is 2.78 bits per heavy atom. The van der Waals surface area contributed by atoms with Gasteiger partial charge >= 0.3 is 0 Å². The van der Waals surface area contributed by atoms with Gasteiger partial charge in [0, 0.05) is 32.2 Å². The van der Waals surface area contributed by atoms with Crippen molar-refractivity contribution in [2.75, 3.05) is 26.2 Å². The summed E-state index contributed by atoms with van der Waals surface area (Å²) in [6.07, 6.45) is 2.30. The van der Waals surface area contributed by atoms with E-state index >= 15 is 0 Å². The van der Waals surface area contributed by atoms with Crippen LogP contribution in [0.4, 0.5) is 0 Å². The first-order valence-electron chi connectivity index (χ1n) is 6.73. The molecule has 2 N–H and O–H groups in total. The third-order valence-electron chi connectivity index (χ3n) is 3.23. The highest BCUT2D eigenvalue weighted by Crippen LogP contribution is 2.18. The maximum Gasteiger partial charge on any atom is 0.225 e. The van der Waals surface area contributed by atoms with Crippen LogP contribution in [0.2, 0.25) is 0 Å². The van der Waals surface area contributed by atoms with Crippen LogP contribution >= 0.6 is 0 Å².